The Morgan fingerprint density at radius 1 is 1.00 bits per heavy atom. The first-order valence-corrected chi connectivity index (χ1v) is 13.7. The zero-order valence-corrected chi connectivity index (χ0v) is 23.7. The Labute approximate surface area is 246 Å². The summed E-state index contributed by atoms with van der Waals surface area (Å²) in [4.78, 5) is 13.0. The molecule has 2 aromatic rings. The summed E-state index contributed by atoms with van der Waals surface area (Å²) in [5.41, 5.74) is -0.114. The van der Waals surface area contributed by atoms with Crippen LogP contribution in [0.3, 0.4) is 0 Å². The van der Waals surface area contributed by atoms with Gasteiger partial charge in [-0.2, -0.15) is 0 Å². The van der Waals surface area contributed by atoms with Crippen molar-refractivity contribution in [2.75, 3.05) is 26.9 Å². The van der Waals surface area contributed by atoms with Crippen LogP contribution in [-0.4, -0.2) is 117 Å². The van der Waals surface area contributed by atoms with Gasteiger partial charge in [0.2, 0.25) is 6.29 Å². The highest BCUT2D eigenvalue weighted by atomic mass is 16.7. The highest BCUT2D eigenvalue weighted by Crippen LogP contribution is 2.47. The van der Waals surface area contributed by atoms with Crippen molar-refractivity contribution in [2.45, 2.75) is 75.1 Å². The smallest absolute Gasteiger partial charge is 0.229 e. The average Bonchev–Trinajstić information content (AvgIpc) is 3.29. The first kappa shape index (κ1) is 31.4. The summed E-state index contributed by atoms with van der Waals surface area (Å²) in [6.45, 7) is 1.85. The molecule has 0 radical (unpaired) electrons. The highest BCUT2D eigenvalue weighted by molar-refractivity contribution is 6.03. The number of ether oxygens (including phenoxy) is 6. The van der Waals surface area contributed by atoms with Crippen molar-refractivity contribution in [1.29, 1.82) is 0 Å². The Bertz CT molecular complexity index is 1330. The topological polar surface area (TPSA) is 214 Å². The minimum Gasteiger partial charge on any atom is -0.507 e. The second kappa shape index (κ2) is 12.1. The van der Waals surface area contributed by atoms with Gasteiger partial charge >= 0.3 is 0 Å². The van der Waals surface area contributed by atoms with Crippen LogP contribution in [0.15, 0.2) is 24.3 Å². The molecule has 43 heavy (non-hydrogen) atoms. The van der Waals surface area contributed by atoms with Gasteiger partial charge in [0.15, 0.2) is 12.1 Å². The highest BCUT2D eigenvalue weighted by Gasteiger charge is 2.50. The van der Waals surface area contributed by atoms with E-state index in [2.05, 4.69) is 0 Å². The van der Waals surface area contributed by atoms with Gasteiger partial charge in [-0.3, -0.25) is 4.79 Å². The molecule has 0 spiro atoms. The molecular formula is C29H36O14. The van der Waals surface area contributed by atoms with E-state index in [0.717, 1.165) is 0 Å². The number of phenols is 1. The third-order valence-corrected chi connectivity index (χ3v) is 8.13. The van der Waals surface area contributed by atoms with Gasteiger partial charge in [-0.25, -0.2) is 0 Å². The zero-order valence-electron chi connectivity index (χ0n) is 23.7. The minimum atomic E-state index is -1.91. The van der Waals surface area contributed by atoms with Crippen molar-refractivity contribution in [3.63, 3.8) is 0 Å². The number of benzene rings is 2. The number of aliphatic hydroxyl groups is 6. The summed E-state index contributed by atoms with van der Waals surface area (Å²) in [6, 6.07) is 6.41. The summed E-state index contributed by atoms with van der Waals surface area (Å²) < 4.78 is 33.5. The molecule has 2 saturated heterocycles. The van der Waals surface area contributed by atoms with E-state index in [9.17, 15) is 40.5 Å². The van der Waals surface area contributed by atoms with E-state index in [-0.39, 0.29) is 41.6 Å². The van der Waals surface area contributed by atoms with E-state index in [4.69, 9.17) is 28.4 Å². The number of rotatable bonds is 8. The van der Waals surface area contributed by atoms with Crippen molar-refractivity contribution in [3.8, 4) is 23.0 Å². The molecule has 14 nitrogen and oxygen atoms in total. The maximum Gasteiger partial charge on any atom is 0.229 e. The lowest BCUT2D eigenvalue weighted by molar-refractivity contribution is -0.289. The summed E-state index contributed by atoms with van der Waals surface area (Å²) in [6.07, 6.45) is -11.1. The largest absolute Gasteiger partial charge is 0.507 e. The molecule has 0 saturated carbocycles. The van der Waals surface area contributed by atoms with E-state index in [1.807, 2.05) is 0 Å². The van der Waals surface area contributed by atoms with Crippen LogP contribution in [0.25, 0.3) is 0 Å². The molecule has 14 heteroatoms. The van der Waals surface area contributed by atoms with Gasteiger partial charge in [-0.05, 0) is 31.5 Å². The van der Waals surface area contributed by atoms with Crippen molar-refractivity contribution < 1.29 is 69.0 Å². The molecule has 9 unspecified atom stereocenters. The molecule has 0 amide bonds. The lowest BCUT2D eigenvalue weighted by atomic mass is 9.91. The molecule has 9 atom stereocenters. The van der Waals surface area contributed by atoms with Crippen LogP contribution in [0.4, 0.5) is 0 Å². The summed E-state index contributed by atoms with van der Waals surface area (Å²) in [7, 11) is 1.47. The Hall–Kier alpha value is -3.05. The fourth-order valence-corrected chi connectivity index (χ4v) is 5.50. The van der Waals surface area contributed by atoms with E-state index in [0.29, 0.717) is 22.4 Å². The first-order chi connectivity index (χ1) is 20.4. The minimum absolute atomic E-state index is 0.0166. The summed E-state index contributed by atoms with van der Waals surface area (Å²) in [5, 5.41) is 71.4. The Morgan fingerprint density at radius 2 is 1.70 bits per heavy atom. The van der Waals surface area contributed by atoms with Crippen molar-refractivity contribution in [1.82, 2.24) is 0 Å². The van der Waals surface area contributed by atoms with Crippen LogP contribution >= 0.6 is 0 Å². The predicted molar refractivity (Wildman–Crippen MR) is 144 cm³/mol. The Balaban J connectivity index is 1.25. The number of hydrogen-bond acceptors (Lipinski definition) is 14. The van der Waals surface area contributed by atoms with Crippen molar-refractivity contribution >= 4 is 5.78 Å². The number of aromatic hydroxyl groups is 1. The maximum absolute atomic E-state index is 13.0. The number of ketones is 1. The van der Waals surface area contributed by atoms with Crippen LogP contribution in [-0.2, 0) is 14.2 Å². The van der Waals surface area contributed by atoms with E-state index < -0.39 is 68.0 Å². The van der Waals surface area contributed by atoms with Crippen LogP contribution in [0.5, 0.6) is 23.0 Å². The third kappa shape index (κ3) is 5.66. The molecule has 5 rings (SSSR count). The fraction of sp³-hybridized carbons (Fsp3) is 0.552. The molecule has 3 aliphatic heterocycles. The lowest BCUT2D eigenvalue weighted by Gasteiger charge is -2.40. The lowest BCUT2D eigenvalue weighted by Crippen LogP contribution is -2.60. The van der Waals surface area contributed by atoms with Gasteiger partial charge in [-0.15, -0.1) is 0 Å². The van der Waals surface area contributed by atoms with Gasteiger partial charge in [-0.1, -0.05) is 12.1 Å². The number of hydrogen-bond donors (Lipinski definition) is 7. The fourth-order valence-electron chi connectivity index (χ4n) is 5.50. The summed E-state index contributed by atoms with van der Waals surface area (Å²) in [5.74, 6) is 0.443. The van der Waals surface area contributed by atoms with Gasteiger partial charge in [0, 0.05) is 11.1 Å². The predicted octanol–water partition coefficient (Wildman–Crippen LogP) is -0.632. The molecule has 0 bridgehead atoms. The van der Waals surface area contributed by atoms with Crippen molar-refractivity contribution in [2.24, 2.45) is 0 Å². The van der Waals surface area contributed by atoms with Crippen LogP contribution in [0, 0.1) is 13.8 Å². The molecule has 2 aromatic carbocycles. The number of aliphatic hydroxyl groups excluding tert-OH is 5. The second-order valence-corrected chi connectivity index (χ2v) is 11.0. The first-order valence-electron chi connectivity index (χ1n) is 13.7. The van der Waals surface area contributed by atoms with E-state index in [1.165, 1.54) is 7.11 Å². The molecule has 3 heterocycles. The number of phenolic OH excluding ortho intramolecular Hbond substituents is 1. The number of carbonyl (C=O) groups excluding carboxylic acids is 1. The number of methoxy groups -OCH3 is 1. The molecule has 7 N–H and O–H groups in total. The molecule has 2 fully saturated rings. The summed E-state index contributed by atoms with van der Waals surface area (Å²) >= 11 is 0. The normalized spacial score (nSPS) is 34.0. The number of Topliss-reactive ketones (excluding diaryl/α,β-unsaturated/α-hetero) is 1. The Morgan fingerprint density at radius 3 is 2.33 bits per heavy atom. The van der Waals surface area contributed by atoms with Crippen LogP contribution in [0.2, 0.25) is 0 Å². The van der Waals surface area contributed by atoms with Crippen LogP contribution in [0.1, 0.15) is 39.6 Å². The standard InChI is InChI=1S/C29H36O14/c1-12-20(32)19-16(31)8-17(42-25(19)13(2)24(12)38-3)14-4-6-15(7-5-14)41-27-23(35)22(34)21(33)18(43-27)9-39-28-26(36)29(37,10-30)11-40-28/h4-7,17-18,21-23,26-28,30,32-37H,8-11H2,1-3H3. The van der Waals surface area contributed by atoms with E-state index >= 15 is 0 Å². The maximum atomic E-state index is 13.0. The van der Waals surface area contributed by atoms with E-state index in [1.54, 1.807) is 38.1 Å². The average molecular weight is 609 g/mol. The van der Waals surface area contributed by atoms with Gasteiger partial charge in [0.1, 0.15) is 70.8 Å². The third-order valence-electron chi connectivity index (χ3n) is 8.13. The molecule has 236 valence electrons. The molecular weight excluding hydrogens is 572 g/mol. The monoisotopic (exact) mass is 608 g/mol. The van der Waals surface area contributed by atoms with Gasteiger partial charge in [0.25, 0.3) is 0 Å². The van der Waals surface area contributed by atoms with Crippen LogP contribution < -0.4 is 14.2 Å². The zero-order chi connectivity index (χ0) is 31.2. The second-order valence-electron chi connectivity index (χ2n) is 11.0. The van der Waals surface area contributed by atoms with Gasteiger partial charge < -0.3 is 64.2 Å². The van der Waals surface area contributed by atoms with Crippen molar-refractivity contribution in [3.05, 3.63) is 46.5 Å². The quantitative estimate of drug-likeness (QED) is 0.199. The van der Waals surface area contributed by atoms with Gasteiger partial charge in [0.05, 0.1) is 33.4 Å². The number of carbonyl (C=O) groups is 1. The molecule has 0 aliphatic carbocycles. The molecule has 0 aromatic heterocycles. The Kier molecular flexibility index (Phi) is 8.87. The SMILES string of the molecule is COc1c(C)c(O)c2c(c1C)OC(c1ccc(OC3OC(COC4OCC(O)(CO)C4O)C(O)C(O)C3O)cc1)CC2=O. The molecule has 3 aliphatic rings. The number of fused-ring (bicyclic) bond motifs is 1.